The molecule has 0 bridgehead atoms. The Balaban J connectivity index is 1.71. The zero-order valence-corrected chi connectivity index (χ0v) is 11.3. The Bertz CT molecular complexity index is 215. The van der Waals surface area contributed by atoms with Crippen molar-refractivity contribution in [2.75, 3.05) is 19.6 Å². The summed E-state index contributed by atoms with van der Waals surface area (Å²) in [6.45, 7) is 10.8. The van der Waals surface area contributed by atoms with Crippen molar-refractivity contribution in [1.29, 1.82) is 0 Å². The van der Waals surface area contributed by atoms with Crippen molar-refractivity contribution in [1.82, 2.24) is 10.2 Å². The SMILES string of the molecule is CCC1(CNC2CCN(C(C)C)C2)CCC1. The van der Waals surface area contributed by atoms with Crippen molar-refractivity contribution in [2.45, 2.75) is 65.0 Å². The number of nitrogens with one attached hydrogen (secondary N) is 1. The first-order chi connectivity index (χ1) is 7.65. The van der Waals surface area contributed by atoms with Crippen LogP contribution in [-0.4, -0.2) is 36.6 Å². The molecule has 2 aliphatic rings. The third-order valence-corrected chi connectivity index (χ3v) is 4.88. The second-order valence-electron chi connectivity index (χ2n) is 6.16. The van der Waals surface area contributed by atoms with Crippen molar-refractivity contribution in [3.8, 4) is 0 Å². The van der Waals surface area contributed by atoms with Crippen LogP contribution in [0.2, 0.25) is 0 Å². The van der Waals surface area contributed by atoms with Crippen molar-refractivity contribution in [3.63, 3.8) is 0 Å². The Hall–Kier alpha value is -0.0800. The molecule has 1 saturated heterocycles. The van der Waals surface area contributed by atoms with Crippen LogP contribution in [0.25, 0.3) is 0 Å². The molecule has 2 rings (SSSR count). The van der Waals surface area contributed by atoms with Crippen LogP contribution in [0.15, 0.2) is 0 Å². The highest BCUT2D eigenvalue weighted by Crippen LogP contribution is 2.43. The molecule has 1 heterocycles. The molecule has 1 aliphatic carbocycles. The molecular weight excluding hydrogens is 196 g/mol. The van der Waals surface area contributed by atoms with Gasteiger partial charge in [0.05, 0.1) is 0 Å². The molecule has 2 nitrogen and oxygen atoms in total. The van der Waals surface area contributed by atoms with Gasteiger partial charge in [0.25, 0.3) is 0 Å². The topological polar surface area (TPSA) is 15.3 Å². The zero-order chi connectivity index (χ0) is 11.6. The smallest absolute Gasteiger partial charge is 0.0207 e. The molecule has 16 heavy (non-hydrogen) atoms. The third-order valence-electron chi connectivity index (χ3n) is 4.88. The van der Waals surface area contributed by atoms with Gasteiger partial charge in [-0.15, -0.1) is 0 Å². The van der Waals surface area contributed by atoms with Gasteiger partial charge in [-0.25, -0.2) is 0 Å². The summed E-state index contributed by atoms with van der Waals surface area (Å²) in [6, 6.07) is 1.47. The van der Waals surface area contributed by atoms with E-state index in [1.54, 1.807) is 0 Å². The predicted octanol–water partition coefficient (Wildman–Crippen LogP) is 2.64. The van der Waals surface area contributed by atoms with E-state index >= 15 is 0 Å². The van der Waals surface area contributed by atoms with Crippen LogP contribution >= 0.6 is 0 Å². The van der Waals surface area contributed by atoms with Gasteiger partial charge < -0.3 is 5.32 Å². The summed E-state index contributed by atoms with van der Waals surface area (Å²) in [5, 5.41) is 3.82. The highest BCUT2D eigenvalue weighted by atomic mass is 15.2. The summed E-state index contributed by atoms with van der Waals surface area (Å²) in [4.78, 5) is 2.59. The number of nitrogens with zero attached hydrogens (tertiary/aromatic N) is 1. The minimum atomic E-state index is 0.672. The van der Waals surface area contributed by atoms with Gasteiger partial charge >= 0.3 is 0 Å². The van der Waals surface area contributed by atoms with Crippen molar-refractivity contribution in [3.05, 3.63) is 0 Å². The van der Waals surface area contributed by atoms with E-state index in [9.17, 15) is 0 Å². The van der Waals surface area contributed by atoms with Gasteiger partial charge in [0, 0.05) is 25.2 Å². The lowest BCUT2D eigenvalue weighted by atomic mass is 9.67. The Kier molecular flexibility index (Phi) is 3.91. The van der Waals surface area contributed by atoms with Gasteiger partial charge in [0.15, 0.2) is 0 Å². The summed E-state index contributed by atoms with van der Waals surface area (Å²) in [6.07, 6.45) is 7.07. The van der Waals surface area contributed by atoms with Crippen LogP contribution in [-0.2, 0) is 0 Å². The third kappa shape index (κ3) is 2.60. The minimum Gasteiger partial charge on any atom is -0.312 e. The molecule has 2 fully saturated rings. The molecular formula is C14H28N2. The maximum atomic E-state index is 3.82. The van der Waals surface area contributed by atoms with Crippen LogP contribution < -0.4 is 5.32 Å². The van der Waals surface area contributed by atoms with Crippen LogP contribution in [0.4, 0.5) is 0 Å². The van der Waals surface area contributed by atoms with Gasteiger partial charge in [-0.1, -0.05) is 13.3 Å². The van der Waals surface area contributed by atoms with Crippen LogP contribution in [0.5, 0.6) is 0 Å². The Labute approximate surface area is 101 Å². The maximum absolute atomic E-state index is 3.82. The Morgan fingerprint density at radius 1 is 1.38 bits per heavy atom. The molecule has 1 unspecified atom stereocenters. The number of hydrogen-bond donors (Lipinski definition) is 1. The van der Waals surface area contributed by atoms with E-state index in [1.165, 1.54) is 51.7 Å². The molecule has 0 aromatic heterocycles. The highest BCUT2D eigenvalue weighted by molar-refractivity contribution is 4.91. The summed E-state index contributed by atoms with van der Waals surface area (Å²) in [7, 11) is 0. The lowest BCUT2D eigenvalue weighted by Gasteiger charge is -2.42. The van der Waals surface area contributed by atoms with E-state index in [0.29, 0.717) is 5.41 Å². The minimum absolute atomic E-state index is 0.672. The lowest BCUT2D eigenvalue weighted by molar-refractivity contribution is 0.119. The van der Waals surface area contributed by atoms with E-state index in [1.807, 2.05) is 0 Å². The fraction of sp³-hybridized carbons (Fsp3) is 1.00. The number of hydrogen-bond acceptors (Lipinski definition) is 2. The summed E-state index contributed by atoms with van der Waals surface area (Å²) in [5.74, 6) is 0. The van der Waals surface area contributed by atoms with Gasteiger partial charge in [-0.05, 0) is 51.5 Å². The molecule has 1 saturated carbocycles. The summed E-state index contributed by atoms with van der Waals surface area (Å²) in [5.41, 5.74) is 0.672. The summed E-state index contributed by atoms with van der Waals surface area (Å²) < 4.78 is 0. The van der Waals surface area contributed by atoms with E-state index < -0.39 is 0 Å². The Morgan fingerprint density at radius 3 is 2.56 bits per heavy atom. The number of likely N-dealkylation sites (tertiary alicyclic amines) is 1. The fourth-order valence-electron chi connectivity index (χ4n) is 3.12. The second-order valence-corrected chi connectivity index (χ2v) is 6.16. The average molecular weight is 224 g/mol. The monoisotopic (exact) mass is 224 g/mol. The Morgan fingerprint density at radius 2 is 2.12 bits per heavy atom. The van der Waals surface area contributed by atoms with E-state index in [-0.39, 0.29) is 0 Å². The molecule has 2 heteroatoms. The van der Waals surface area contributed by atoms with Gasteiger partial charge in [-0.3, -0.25) is 4.90 Å². The predicted molar refractivity (Wildman–Crippen MR) is 69.7 cm³/mol. The van der Waals surface area contributed by atoms with Gasteiger partial charge in [0.1, 0.15) is 0 Å². The standard InChI is InChI=1S/C14H28N2/c1-4-14(7-5-8-14)11-15-13-6-9-16(10-13)12(2)3/h12-13,15H,4-11H2,1-3H3. The molecule has 0 aromatic carbocycles. The lowest BCUT2D eigenvalue weighted by Crippen LogP contribution is -2.44. The summed E-state index contributed by atoms with van der Waals surface area (Å²) >= 11 is 0. The molecule has 1 atom stereocenters. The van der Waals surface area contributed by atoms with Crippen LogP contribution in [0.3, 0.4) is 0 Å². The van der Waals surface area contributed by atoms with Crippen LogP contribution in [0, 0.1) is 5.41 Å². The van der Waals surface area contributed by atoms with Crippen LogP contribution in [0.1, 0.15) is 52.9 Å². The normalized spacial score (nSPS) is 29.6. The quantitative estimate of drug-likeness (QED) is 0.772. The second kappa shape index (κ2) is 5.05. The molecule has 1 aliphatic heterocycles. The highest BCUT2D eigenvalue weighted by Gasteiger charge is 2.35. The molecule has 1 N–H and O–H groups in total. The van der Waals surface area contributed by atoms with Gasteiger partial charge in [0.2, 0.25) is 0 Å². The molecule has 0 spiro atoms. The first kappa shape index (κ1) is 12.4. The fourth-order valence-corrected chi connectivity index (χ4v) is 3.12. The van der Waals surface area contributed by atoms with E-state index in [4.69, 9.17) is 0 Å². The first-order valence-corrected chi connectivity index (χ1v) is 7.13. The van der Waals surface area contributed by atoms with Crippen molar-refractivity contribution in [2.24, 2.45) is 5.41 Å². The first-order valence-electron chi connectivity index (χ1n) is 7.13. The largest absolute Gasteiger partial charge is 0.312 e. The molecule has 0 aromatic rings. The molecule has 94 valence electrons. The average Bonchev–Trinajstić information content (AvgIpc) is 2.65. The number of rotatable bonds is 5. The van der Waals surface area contributed by atoms with Crippen molar-refractivity contribution >= 4 is 0 Å². The maximum Gasteiger partial charge on any atom is 0.0207 e. The van der Waals surface area contributed by atoms with E-state index in [0.717, 1.165) is 12.1 Å². The zero-order valence-electron chi connectivity index (χ0n) is 11.3. The van der Waals surface area contributed by atoms with Crippen molar-refractivity contribution < 1.29 is 0 Å². The van der Waals surface area contributed by atoms with E-state index in [2.05, 4.69) is 31.0 Å². The molecule has 0 radical (unpaired) electrons. The van der Waals surface area contributed by atoms with Gasteiger partial charge in [-0.2, -0.15) is 0 Å². The molecule has 0 amide bonds.